The fourth-order valence-electron chi connectivity index (χ4n) is 3.81. The Morgan fingerprint density at radius 1 is 1.03 bits per heavy atom. The molecular weight excluding hydrogens is 446 g/mol. The molecule has 5 rings (SSSR count). The summed E-state index contributed by atoms with van der Waals surface area (Å²) in [6.07, 6.45) is 0.651. The van der Waals surface area contributed by atoms with E-state index < -0.39 is 0 Å². The predicted octanol–water partition coefficient (Wildman–Crippen LogP) is 5.89. The zero-order valence-corrected chi connectivity index (χ0v) is 19.7. The number of nitrogens with zero attached hydrogens (tertiary/aromatic N) is 2. The number of hydrogen-bond donors (Lipinski definition) is 1. The molecule has 170 valence electrons. The number of carbonyl (C=O) groups is 1. The Balaban J connectivity index is 1.47. The third-order valence-electron chi connectivity index (χ3n) is 5.54. The molecule has 1 aliphatic rings. The third kappa shape index (κ3) is 4.61. The van der Waals surface area contributed by atoms with Crippen molar-refractivity contribution in [1.29, 1.82) is 0 Å². The summed E-state index contributed by atoms with van der Waals surface area (Å²) in [4.78, 5) is 22.2. The van der Waals surface area contributed by atoms with Gasteiger partial charge in [0.2, 0.25) is 11.8 Å². The van der Waals surface area contributed by atoms with Crippen molar-refractivity contribution >= 4 is 23.4 Å². The second-order valence-electron chi connectivity index (χ2n) is 7.91. The second-order valence-corrected chi connectivity index (χ2v) is 8.87. The highest BCUT2D eigenvalue weighted by molar-refractivity contribution is 8.00. The SMILES string of the molecule is COc1ccc(-c2nc3c(c(SCC(=O)Nc4ccccc4)n2)Cc2cccc(C)c2O3)cc1. The number of anilines is 1. The fourth-order valence-corrected chi connectivity index (χ4v) is 4.63. The molecule has 1 aromatic heterocycles. The van der Waals surface area contributed by atoms with E-state index in [-0.39, 0.29) is 11.7 Å². The largest absolute Gasteiger partial charge is 0.497 e. The van der Waals surface area contributed by atoms with Crippen LogP contribution in [0.3, 0.4) is 0 Å². The van der Waals surface area contributed by atoms with Gasteiger partial charge in [0, 0.05) is 17.7 Å². The van der Waals surface area contributed by atoms with E-state index in [0.29, 0.717) is 18.1 Å². The lowest BCUT2D eigenvalue weighted by molar-refractivity contribution is -0.113. The molecule has 34 heavy (non-hydrogen) atoms. The van der Waals surface area contributed by atoms with Crippen LogP contribution in [0.2, 0.25) is 0 Å². The average Bonchev–Trinajstić information content (AvgIpc) is 2.87. The number of hydrogen-bond acceptors (Lipinski definition) is 6. The lowest BCUT2D eigenvalue weighted by atomic mass is 10.0. The van der Waals surface area contributed by atoms with Crippen molar-refractivity contribution in [3.8, 4) is 28.8 Å². The van der Waals surface area contributed by atoms with Crippen molar-refractivity contribution in [2.45, 2.75) is 18.4 Å². The molecular formula is C27H23N3O3S. The quantitative estimate of drug-likeness (QED) is 0.247. The molecule has 7 heteroatoms. The van der Waals surface area contributed by atoms with Crippen LogP contribution in [0.1, 0.15) is 16.7 Å². The van der Waals surface area contributed by atoms with Gasteiger partial charge in [0.05, 0.1) is 18.4 Å². The molecule has 3 aromatic carbocycles. The molecule has 0 saturated heterocycles. The summed E-state index contributed by atoms with van der Waals surface area (Å²) < 4.78 is 11.5. The van der Waals surface area contributed by atoms with Crippen LogP contribution >= 0.6 is 11.8 Å². The Hall–Kier alpha value is -3.84. The molecule has 0 atom stereocenters. The number of fused-ring (bicyclic) bond motifs is 2. The third-order valence-corrected chi connectivity index (χ3v) is 6.55. The molecule has 1 aliphatic heterocycles. The highest BCUT2D eigenvalue weighted by atomic mass is 32.2. The number of thioether (sulfide) groups is 1. The van der Waals surface area contributed by atoms with Crippen LogP contribution in [-0.2, 0) is 11.2 Å². The molecule has 0 unspecified atom stereocenters. The van der Waals surface area contributed by atoms with Gasteiger partial charge in [0.25, 0.3) is 0 Å². The van der Waals surface area contributed by atoms with Gasteiger partial charge < -0.3 is 14.8 Å². The molecule has 4 aromatic rings. The van der Waals surface area contributed by atoms with E-state index in [1.165, 1.54) is 11.8 Å². The predicted molar refractivity (Wildman–Crippen MR) is 134 cm³/mol. The molecule has 1 amide bonds. The first-order valence-electron chi connectivity index (χ1n) is 10.9. The smallest absolute Gasteiger partial charge is 0.234 e. The molecule has 0 bridgehead atoms. The Morgan fingerprint density at radius 2 is 1.82 bits per heavy atom. The molecule has 6 nitrogen and oxygen atoms in total. The monoisotopic (exact) mass is 469 g/mol. The minimum atomic E-state index is -0.0949. The van der Waals surface area contributed by atoms with Crippen LogP contribution in [0.15, 0.2) is 77.8 Å². The second kappa shape index (κ2) is 9.57. The maximum absolute atomic E-state index is 12.6. The van der Waals surface area contributed by atoms with Gasteiger partial charge in [0.15, 0.2) is 5.82 Å². The summed E-state index contributed by atoms with van der Waals surface area (Å²) in [5.74, 6) is 2.81. The van der Waals surface area contributed by atoms with Crippen LogP contribution in [0.5, 0.6) is 17.4 Å². The molecule has 0 fully saturated rings. The van der Waals surface area contributed by atoms with Crippen LogP contribution in [0, 0.1) is 6.92 Å². The van der Waals surface area contributed by atoms with Gasteiger partial charge in [-0.05, 0) is 54.4 Å². The number of methoxy groups -OCH3 is 1. The van der Waals surface area contributed by atoms with Gasteiger partial charge >= 0.3 is 0 Å². The molecule has 0 radical (unpaired) electrons. The summed E-state index contributed by atoms with van der Waals surface area (Å²) in [5, 5.41) is 3.67. The number of amides is 1. The molecule has 0 spiro atoms. The van der Waals surface area contributed by atoms with Crippen LogP contribution in [0.4, 0.5) is 5.69 Å². The van der Waals surface area contributed by atoms with Gasteiger partial charge in [-0.1, -0.05) is 48.2 Å². The van der Waals surface area contributed by atoms with Gasteiger partial charge in [-0.15, -0.1) is 0 Å². The number of benzene rings is 3. The van der Waals surface area contributed by atoms with Crippen LogP contribution < -0.4 is 14.8 Å². The topological polar surface area (TPSA) is 73.3 Å². The van der Waals surface area contributed by atoms with Crippen molar-refractivity contribution in [3.63, 3.8) is 0 Å². The first-order chi connectivity index (χ1) is 16.6. The Labute approximate surface area is 202 Å². The number of nitrogens with one attached hydrogen (secondary N) is 1. The maximum Gasteiger partial charge on any atom is 0.234 e. The van der Waals surface area contributed by atoms with E-state index in [0.717, 1.165) is 44.5 Å². The van der Waals surface area contributed by atoms with Crippen molar-refractivity contribution in [2.75, 3.05) is 18.2 Å². The maximum atomic E-state index is 12.6. The minimum Gasteiger partial charge on any atom is -0.497 e. The van der Waals surface area contributed by atoms with Gasteiger partial charge in [-0.3, -0.25) is 4.79 Å². The summed E-state index contributed by atoms with van der Waals surface area (Å²) >= 11 is 1.39. The van der Waals surface area contributed by atoms with E-state index in [1.54, 1.807) is 7.11 Å². The molecule has 1 N–H and O–H groups in total. The number of carbonyl (C=O) groups excluding carboxylic acids is 1. The van der Waals surface area contributed by atoms with Gasteiger partial charge in [-0.2, -0.15) is 4.98 Å². The summed E-state index contributed by atoms with van der Waals surface area (Å²) in [6, 6.07) is 23.1. The van der Waals surface area contributed by atoms with E-state index in [2.05, 4.69) is 11.4 Å². The van der Waals surface area contributed by atoms with Crippen molar-refractivity contribution in [3.05, 3.63) is 89.5 Å². The first-order valence-corrected chi connectivity index (χ1v) is 11.9. The van der Waals surface area contributed by atoms with Crippen LogP contribution in [0.25, 0.3) is 11.4 Å². The molecule has 2 heterocycles. The minimum absolute atomic E-state index is 0.0949. The molecule has 0 saturated carbocycles. The van der Waals surface area contributed by atoms with Crippen LogP contribution in [-0.4, -0.2) is 28.7 Å². The first kappa shape index (κ1) is 22.0. The number of rotatable bonds is 6. The zero-order chi connectivity index (χ0) is 23.5. The number of ether oxygens (including phenoxy) is 2. The van der Waals surface area contributed by atoms with Gasteiger partial charge in [-0.25, -0.2) is 4.98 Å². The Bertz CT molecular complexity index is 1340. The lowest BCUT2D eigenvalue weighted by Gasteiger charge is -2.23. The van der Waals surface area contributed by atoms with E-state index >= 15 is 0 Å². The molecule has 0 aliphatic carbocycles. The standard InChI is InChI=1S/C27H23N3O3S/c1-17-7-6-8-19-15-22-26(33-24(17)19)29-25(18-11-13-21(32-2)14-12-18)30-27(22)34-16-23(31)28-20-9-4-3-5-10-20/h3-14H,15-16H2,1-2H3,(H,28,31). The summed E-state index contributed by atoms with van der Waals surface area (Å²) in [7, 11) is 1.63. The van der Waals surface area contributed by atoms with E-state index in [1.807, 2.05) is 73.7 Å². The van der Waals surface area contributed by atoms with Gasteiger partial charge in [0.1, 0.15) is 16.5 Å². The van der Waals surface area contributed by atoms with E-state index in [9.17, 15) is 4.79 Å². The Morgan fingerprint density at radius 3 is 2.59 bits per heavy atom. The number of para-hydroxylation sites is 2. The lowest BCUT2D eigenvalue weighted by Crippen LogP contribution is -2.15. The van der Waals surface area contributed by atoms with E-state index in [4.69, 9.17) is 19.4 Å². The zero-order valence-electron chi connectivity index (χ0n) is 18.9. The highest BCUT2D eigenvalue weighted by Gasteiger charge is 2.25. The van der Waals surface area contributed by atoms with Crippen molar-refractivity contribution in [2.24, 2.45) is 0 Å². The van der Waals surface area contributed by atoms with Crippen molar-refractivity contribution < 1.29 is 14.3 Å². The normalized spacial score (nSPS) is 11.7. The summed E-state index contributed by atoms with van der Waals surface area (Å²) in [6.45, 7) is 2.03. The fraction of sp³-hybridized carbons (Fsp3) is 0.148. The Kier molecular flexibility index (Phi) is 6.18. The average molecular weight is 470 g/mol. The van der Waals surface area contributed by atoms with Crippen molar-refractivity contribution in [1.82, 2.24) is 9.97 Å². The summed E-state index contributed by atoms with van der Waals surface area (Å²) in [5.41, 5.74) is 4.66. The number of aryl methyl sites for hydroxylation is 1. The highest BCUT2D eigenvalue weighted by Crippen LogP contribution is 2.41. The number of aromatic nitrogens is 2.